The Bertz CT molecular complexity index is 872. The summed E-state index contributed by atoms with van der Waals surface area (Å²) in [5, 5.41) is 12.4. The largest absolute Gasteiger partial charge is 0.478 e. The van der Waals surface area contributed by atoms with E-state index in [1.54, 1.807) is 24.3 Å². The summed E-state index contributed by atoms with van der Waals surface area (Å²) in [6, 6.07) is 18.3. The lowest BCUT2D eigenvalue weighted by Crippen LogP contribution is -2.29. The minimum absolute atomic E-state index is 0.169. The van der Waals surface area contributed by atoms with E-state index in [2.05, 4.69) is 0 Å². The predicted molar refractivity (Wildman–Crippen MR) is 96.2 cm³/mol. The van der Waals surface area contributed by atoms with E-state index in [1.165, 1.54) is 0 Å². The molecule has 1 N–H and O–H groups in total. The number of hydrogen-bond acceptors (Lipinski definition) is 2. The molecule has 3 rings (SSSR count). The topological polar surface area (TPSA) is 46.5 Å². The van der Waals surface area contributed by atoms with Crippen molar-refractivity contribution in [1.29, 1.82) is 0 Å². The molecule has 0 unspecified atom stereocenters. The van der Waals surface area contributed by atoms with Crippen LogP contribution in [0.5, 0.6) is 5.75 Å². The van der Waals surface area contributed by atoms with Crippen LogP contribution < -0.4 is 4.74 Å². The SMILES string of the molecule is O=C(O)[C@@H](Cc1cc(Cl)cc(Cl)c1)Oc1ccc2ccccc2c1. The van der Waals surface area contributed by atoms with Gasteiger partial charge in [-0.1, -0.05) is 53.5 Å². The summed E-state index contributed by atoms with van der Waals surface area (Å²) in [4.78, 5) is 11.6. The Morgan fingerprint density at radius 2 is 1.62 bits per heavy atom. The molecular weight excluding hydrogens is 347 g/mol. The Hall–Kier alpha value is -2.23. The molecule has 0 aliphatic carbocycles. The van der Waals surface area contributed by atoms with E-state index < -0.39 is 12.1 Å². The van der Waals surface area contributed by atoms with Crippen molar-refractivity contribution in [2.24, 2.45) is 0 Å². The van der Waals surface area contributed by atoms with E-state index in [-0.39, 0.29) is 6.42 Å². The number of hydrogen-bond donors (Lipinski definition) is 1. The zero-order valence-corrected chi connectivity index (χ0v) is 14.1. The number of carbonyl (C=O) groups is 1. The third-order valence-corrected chi connectivity index (χ3v) is 4.05. The van der Waals surface area contributed by atoms with Crippen LogP contribution in [0.3, 0.4) is 0 Å². The fourth-order valence-corrected chi connectivity index (χ4v) is 3.10. The average molecular weight is 361 g/mol. The number of rotatable bonds is 5. The molecule has 1 atom stereocenters. The van der Waals surface area contributed by atoms with Crippen molar-refractivity contribution in [2.45, 2.75) is 12.5 Å². The first-order valence-corrected chi connectivity index (χ1v) is 8.10. The molecular formula is C19H14Cl2O3. The van der Waals surface area contributed by atoms with Crippen LogP contribution in [0.2, 0.25) is 10.0 Å². The first-order chi connectivity index (χ1) is 11.5. The normalized spacial score (nSPS) is 12.1. The molecule has 0 aromatic heterocycles. The first kappa shape index (κ1) is 16.6. The zero-order valence-electron chi connectivity index (χ0n) is 12.6. The summed E-state index contributed by atoms with van der Waals surface area (Å²) in [5.74, 6) is -0.534. The average Bonchev–Trinajstić information content (AvgIpc) is 2.53. The number of halogens is 2. The predicted octanol–water partition coefficient (Wildman–Crippen LogP) is 5.22. The molecule has 24 heavy (non-hydrogen) atoms. The van der Waals surface area contributed by atoms with E-state index >= 15 is 0 Å². The Morgan fingerprint density at radius 3 is 2.29 bits per heavy atom. The lowest BCUT2D eigenvalue weighted by Gasteiger charge is -2.16. The van der Waals surface area contributed by atoms with Gasteiger partial charge >= 0.3 is 5.97 Å². The molecule has 0 amide bonds. The van der Waals surface area contributed by atoms with Crippen molar-refractivity contribution in [3.8, 4) is 5.75 Å². The molecule has 3 aromatic rings. The lowest BCUT2D eigenvalue weighted by atomic mass is 10.1. The lowest BCUT2D eigenvalue weighted by molar-refractivity contribution is -0.145. The summed E-state index contributed by atoms with van der Waals surface area (Å²) in [5.41, 5.74) is 0.709. The van der Waals surface area contributed by atoms with Crippen molar-refractivity contribution in [2.75, 3.05) is 0 Å². The Morgan fingerprint density at radius 1 is 0.958 bits per heavy atom. The van der Waals surface area contributed by atoms with Crippen LogP contribution in [-0.2, 0) is 11.2 Å². The van der Waals surface area contributed by atoms with Gasteiger partial charge < -0.3 is 9.84 Å². The molecule has 122 valence electrons. The standard InChI is InChI=1S/C19H14Cl2O3/c20-15-7-12(8-16(21)11-15)9-18(19(22)23)24-17-6-5-13-3-1-2-4-14(13)10-17/h1-8,10-11,18H,9H2,(H,22,23)/t18-/m1/s1. The third kappa shape index (κ3) is 3.99. The summed E-state index contributed by atoms with van der Waals surface area (Å²) in [6.07, 6.45) is -0.858. The molecule has 0 aliphatic rings. The van der Waals surface area contributed by atoms with Crippen LogP contribution in [0.1, 0.15) is 5.56 Å². The van der Waals surface area contributed by atoms with Crippen LogP contribution in [0.4, 0.5) is 0 Å². The number of benzene rings is 3. The first-order valence-electron chi connectivity index (χ1n) is 7.34. The van der Waals surface area contributed by atoms with E-state index in [0.717, 1.165) is 10.8 Å². The molecule has 0 fully saturated rings. The monoisotopic (exact) mass is 360 g/mol. The molecule has 0 spiro atoms. The number of carboxylic acids is 1. The highest BCUT2D eigenvalue weighted by molar-refractivity contribution is 6.34. The number of fused-ring (bicyclic) bond motifs is 1. The van der Waals surface area contributed by atoms with Gasteiger partial charge in [-0.25, -0.2) is 4.79 Å². The quantitative estimate of drug-likeness (QED) is 0.678. The van der Waals surface area contributed by atoms with E-state index in [1.807, 2.05) is 36.4 Å². The molecule has 0 saturated carbocycles. The molecule has 5 heteroatoms. The number of carboxylic acid groups (broad SMARTS) is 1. The van der Waals surface area contributed by atoms with Crippen LogP contribution >= 0.6 is 23.2 Å². The molecule has 0 saturated heterocycles. The highest BCUT2D eigenvalue weighted by Gasteiger charge is 2.20. The Kier molecular flexibility index (Phi) is 4.93. The van der Waals surface area contributed by atoms with Crippen LogP contribution in [0, 0.1) is 0 Å². The van der Waals surface area contributed by atoms with Gasteiger partial charge in [0.25, 0.3) is 0 Å². The Balaban J connectivity index is 1.83. The molecule has 0 aliphatic heterocycles. The Labute approximate surface area is 149 Å². The maximum Gasteiger partial charge on any atom is 0.345 e. The maximum absolute atomic E-state index is 11.6. The van der Waals surface area contributed by atoms with Gasteiger partial charge in [-0.15, -0.1) is 0 Å². The summed E-state index contributed by atoms with van der Waals surface area (Å²) >= 11 is 11.9. The smallest absolute Gasteiger partial charge is 0.345 e. The second-order valence-electron chi connectivity index (χ2n) is 5.44. The summed E-state index contributed by atoms with van der Waals surface area (Å²) < 4.78 is 5.68. The maximum atomic E-state index is 11.6. The minimum Gasteiger partial charge on any atom is -0.478 e. The van der Waals surface area contributed by atoms with Crippen molar-refractivity contribution in [3.05, 3.63) is 76.3 Å². The second kappa shape index (κ2) is 7.12. The van der Waals surface area contributed by atoms with E-state index in [0.29, 0.717) is 21.4 Å². The van der Waals surface area contributed by atoms with Gasteiger partial charge in [-0.3, -0.25) is 0 Å². The fourth-order valence-electron chi connectivity index (χ4n) is 2.53. The minimum atomic E-state index is -1.04. The van der Waals surface area contributed by atoms with Crippen LogP contribution in [-0.4, -0.2) is 17.2 Å². The van der Waals surface area contributed by atoms with Gasteiger partial charge in [0.05, 0.1) is 0 Å². The van der Waals surface area contributed by atoms with E-state index in [4.69, 9.17) is 27.9 Å². The summed E-state index contributed by atoms with van der Waals surface area (Å²) in [6.45, 7) is 0. The van der Waals surface area contributed by atoms with Gasteiger partial charge in [0.1, 0.15) is 5.75 Å². The van der Waals surface area contributed by atoms with Crippen molar-refractivity contribution < 1.29 is 14.6 Å². The van der Waals surface area contributed by atoms with E-state index in [9.17, 15) is 9.90 Å². The van der Waals surface area contributed by atoms with Gasteiger partial charge in [0.15, 0.2) is 6.10 Å². The highest BCUT2D eigenvalue weighted by Crippen LogP contribution is 2.24. The molecule has 0 heterocycles. The van der Waals surface area contributed by atoms with Crippen molar-refractivity contribution in [1.82, 2.24) is 0 Å². The van der Waals surface area contributed by atoms with Gasteiger partial charge in [-0.05, 0) is 46.7 Å². The second-order valence-corrected chi connectivity index (χ2v) is 6.31. The molecule has 3 nitrogen and oxygen atoms in total. The summed E-state index contributed by atoms with van der Waals surface area (Å²) in [7, 11) is 0. The molecule has 3 aromatic carbocycles. The zero-order chi connectivity index (χ0) is 17.1. The fraction of sp³-hybridized carbons (Fsp3) is 0.105. The molecule has 0 bridgehead atoms. The van der Waals surface area contributed by atoms with Gasteiger partial charge in [-0.2, -0.15) is 0 Å². The number of aliphatic carboxylic acids is 1. The van der Waals surface area contributed by atoms with Crippen LogP contribution in [0.15, 0.2) is 60.7 Å². The van der Waals surface area contributed by atoms with Crippen molar-refractivity contribution in [3.63, 3.8) is 0 Å². The highest BCUT2D eigenvalue weighted by atomic mass is 35.5. The molecule has 0 radical (unpaired) electrons. The van der Waals surface area contributed by atoms with Crippen molar-refractivity contribution >= 4 is 39.9 Å². The van der Waals surface area contributed by atoms with Crippen LogP contribution in [0.25, 0.3) is 10.8 Å². The van der Waals surface area contributed by atoms with Gasteiger partial charge in [0, 0.05) is 16.5 Å². The third-order valence-electron chi connectivity index (χ3n) is 3.62. The van der Waals surface area contributed by atoms with Gasteiger partial charge in [0.2, 0.25) is 0 Å². The number of ether oxygens (including phenoxy) is 1.